The predicted molar refractivity (Wildman–Crippen MR) is 113 cm³/mol. The number of rotatable bonds is 5. The Bertz CT molecular complexity index is 971. The van der Waals surface area contributed by atoms with Gasteiger partial charge in [0.2, 0.25) is 12.7 Å². The predicted octanol–water partition coefficient (Wildman–Crippen LogP) is 2.66. The molecule has 3 atom stereocenters. The van der Waals surface area contributed by atoms with Crippen LogP contribution in [-0.4, -0.2) is 60.7 Å². The summed E-state index contributed by atoms with van der Waals surface area (Å²) >= 11 is 0. The zero-order chi connectivity index (χ0) is 21.4. The van der Waals surface area contributed by atoms with Crippen LogP contribution in [0.4, 0.5) is 0 Å². The van der Waals surface area contributed by atoms with Crippen LogP contribution in [0.3, 0.4) is 0 Å². The maximum atomic E-state index is 13.0. The Hall–Kier alpha value is -3.22. The van der Waals surface area contributed by atoms with E-state index in [0.29, 0.717) is 31.9 Å². The van der Waals surface area contributed by atoms with Crippen molar-refractivity contribution >= 4 is 11.8 Å². The molecule has 7 nitrogen and oxygen atoms in total. The van der Waals surface area contributed by atoms with Crippen molar-refractivity contribution in [2.75, 3.05) is 33.0 Å². The van der Waals surface area contributed by atoms with Crippen LogP contribution in [0, 0.1) is 5.92 Å². The topological polar surface area (TPSA) is 68.3 Å². The standard InChI is InChI=1S/C24H26N2O5/c1-16(31-18-5-3-2-4-6-18)23(27)25-9-11-26(12-10-25)24(28)20-14-19(20)17-7-8-21-22(13-17)30-15-29-21/h2-8,13,16,19-20H,9-12,14-15H2,1H3. The molecule has 0 aromatic heterocycles. The van der Waals surface area contributed by atoms with E-state index in [1.807, 2.05) is 53.4 Å². The Labute approximate surface area is 181 Å². The summed E-state index contributed by atoms with van der Waals surface area (Å²) in [6.07, 6.45) is 0.308. The number of fused-ring (bicyclic) bond motifs is 1. The molecule has 2 fully saturated rings. The fraction of sp³-hybridized carbons (Fsp3) is 0.417. The van der Waals surface area contributed by atoms with E-state index in [0.717, 1.165) is 23.5 Å². The third kappa shape index (κ3) is 4.04. The number of hydrogen-bond acceptors (Lipinski definition) is 5. The summed E-state index contributed by atoms with van der Waals surface area (Å²) in [4.78, 5) is 29.4. The highest BCUT2D eigenvalue weighted by Crippen LogP contribution is 2.50. The molecule has 162 valence electrons. The molecule has 3 unspecified atom stereocenters. The number of hydrogen-bond donors (Lipinski definition) is 0. The van der Waals surface area contributed by atoms with Gasteiger partial charge in [0, 0.05) is 32.1 Å². The van der Waals surface area contributed by atoms with Crippen molar-refractivity contribution in [1.29, 1.82) is 0 Å². The van der Waals surface area contributed by atoms with Crippen LogP contribution < -0.4 is 14.2 Å². The molecule has 1 saturated carbocycles. The summed E-state index contributed by atoms with van der Waals surface area (Å²) in [6, 6.07) is 15.3. The van der Waals surface area contributed by atoms with Crippen LogP contribution in [0.5, 0.6) is 17.2 Å². The Balaban J connectivity index is 1.12. The Kier molecular flexibility index (Phi) is 5.18. The first kappa shape index (κ1) is 19.7. The molecule has 2 amide bonds. The van der Waals surface area contributed by atoms with Gasteiger partial charge >= 0.3 is 0 Å². The SMILES string of the molecule is CC(Oc1ccccc1)C(=O)N1CCN(C(=O)C2CC2c2ccc3c(c2)OCO3)CC1. The van der Waals surface area contributed by atoms with E-state index in [9.17, 15) is 9.59 Å². The van der Waals surface area contributed by atoms with Crippen molar-refractivity contribution in [1.82, 2.24) is 9.80 Å². The van der Waals surface area contributed by atoms with Crippen LogP contribution in [0.2, 0.25) is 0 Å². The average molecular weight is 422 g/mol. The van der Waals surface area contributed by atoms with Crippen LogP contribution in [0.1, 0.15) is 24.8 Å². The molecule has 2 aromatic carbocycles. The van der Waals surface area contributed by atoms with Gasteiger partial charge in [-0.2, -0.15) is 0 Å². The third-order valence-corrected chi connectivity index (χ3v) is 6.24. The van der Waals surface area contributed by atoms with E-state index >= 15 is 0 Å². The maximum Gasteiger partial charge on any atom is 0.263 e. The van der Waals surface area contributed by atoms with Crippen LogP contribution in [0.15, 0.2) is 48.5 Å². The highest BCUT2D eigenvalue weighted by atomic mass is 16.7. The number of benzene rings is 2. The highest BCUT2D eigenvalue weighted by molar-refractivity contribution is 5.84. The van der Waals surface area contributed by atoms with E-state index in [4.69, 9.17) is 14.2 Å². The van der Waals surface area contributed by atoms with Crippen LogP contribution in [0.25, 0.3) is 0 Å². The third-order valence-electron chi connectivity index (χ3n) is 6.24. The summed E-state index contributed by atoms with van der Waals surface area (Å²) in [5.41, 5.74) is 1.13. The Morgan fingerprint density at radius 3 is 2.45 bits per heavy atom. The Morgan fingerprint density at radius 1 is 0.968 bits per heavy atom. The molecular formula is C24H26N2O5. The van der Waals surface area contributed by atoms with Gasteiger partial charge in [-0.1, -0.05) is 24.3 Å². The van der Waals surface area contributed by atoms with Crippen molar-refractivity contribution in [3.63, 3.8) is 0 Å². The maximum absolute atomic E-state index is 13.0. The fourth-order valence-corrected chi connectivity index (χ4v) is 4.37. The summed E-state index contributed by atoms with van der Waals surface area (Å²) in [5.74, 6) is 2.60. The van der Waals surface area contributed by atoms with Gasteiger partial charge in [0.05, 0.1) is 0 Å². The molecule has 2 aromatic rings. The van der Waals surface area contributed by atoms with E-state index in [-0.39, 0.29) is 30.4 Å². The van der Waals surface area contributed by atoms with Crippen molar-refractivity contribution in [3.8, 4) is 17.2 Å². The van der Waals surface area contributed by atoms with E-state index in [1.54, 1.807) is 11.8 Å². The molecule has 1 saturated heterocycles. The van der Waals surface area contributed by atoms with Gasteiger partial charge in [0.25, 0.3) is 5.91 Å². The van der Waals surface area contributed by atoms with Crippen molar-refractivity contribution in [2.45, 2.75) is 25.4 Å². The molecule has 5 rings (SSSR count). The van der Waals surface area contributed by atoms with Gasteiger partial charge in [-0.05, 0) is 49.1 Å². The van der Waals surface area contributed by atoms with Crippen LogP contribution in [-0.2, 0) is 9.59 Å². The molecule has 1 aliphatic carbocycles. The van der Waals surface area contributed by atoms with E-state index < -0.39 is 6.10 Å². The second kappa shape index (κ2) is 8.13. The van der Waals surface area contributed by atoms with Crippen LogP contribution >= 0.6 is 0 Å². The monoisotopic (exact) mass is 422 g/mol. The first-order chi connectivity index (χ1) is 15.1. The minimum atomic E-state index is -0.552. The number of ether oxygens (including phenoxy) is 3. The van der Waals surface area contributed by atoms with Gasteiger partial charge < -0.3 is 24.0 Å². The Morgan fingerprint density at radius 2 is 1.68 bits per heavy atom. The lowest BCUT2D eigenvalue weighted by Crippen LogP contribution is -2.53. The highest BCUT2D eigenvalue weighted by Gasteiger charge is 2.46. The number of amides is 2. The molecule has 2 aliphatic heterocycles. The summed E-state index contributed by atoms with van der Waals surface area (Å²) in [5, 5.41) is 0. The molecule has 31 heavy (non-hydrogen) atoms. The van der Waals surface area contributed by atoms with Crippen molar-refractivity contribution in [3.05, 3.63) is 54.1 Å². The van der Waals surface area contributed by atoms with Gasteiger partial charge in [-0.15, -0.1) is 0 Å². The second-order valence-corrected chi connectivity index (χ2v) is 8.29. The van der Waals surface area contributed by atoms with E-state index in [2.05, 4.69) is 0 Å². The molecule has 0 bridgehead atoms. The van der Waals surface area contributed by atoms with Crippen molar-refractivity contribution < 1.29 is 23.8 Å². The quantitative estimate of drug-likeness (QED) is 0.741. The number of carbonyl (C=O) groups excluding carboxylic acids is 2. The van der Waals surface area contributed by atoms with E-state index in [1.165, 1.54) is 0 Å². The molecule has 7 heteroatoms. The molecule has 0 spiro atoms. The number of piperazine rings is 1. The largest absolute Gasteiger partial charge is 0.481 e. The first-order valence-electron chi connectivity index (χ1n) is 10.8. The minimum absolute atomic E-state index is 0.0166. The lowest BCUT2D eigenvalue weighted by atomic mass is 10.1. The van der Waals surface area contributed by atoms with Gasteiger partial charge in [0.15, 0.2) is 17.6 Å². The zero-order valence-electron chi connectivity index (χ0n) is 17.5. The fourth-order valence-electron chi connectivity index (χ4n) is 4.37. The lowest BCUT2D eigenvalue weighted by molar-refractivity contribution is -0.144. The molecule has 0 radical (unpaired) electrons. The number of nitrogens with zero attached hydrogens (tertiary/aromatic N) is 2. The normalized spacial score (nSPS) is 22.7. The zero-order valence-corrected chi connectivity index (χ0v) is 17.5. The van der Waals surface area contributed by atoms with Gasteiger partial charge in [0.1, 0.15) is 5.75 Å². The first-order valence-corrected chi connectivity index (χ1v) is 10.8. The lowest BCUT2D eigenvalue weighted by Gasteiger charge is -2.36. The van der Waals surface area contributed by atoms with Gasteiger partial charge in [-0.3, -0.25) is 9.59 Å². The number of para-hydroxylation sites is 1. The average Bonchev–Trinajstić information content (AvgIpc) is 3.47. The summed E-state index contributed by atoms with van der Waals surface area (Å²) in [7, 11) is 0. The van der Waals surface area contributed by atoms with Crippen molar-refractivity contribution in [2.24, 2.45) is 5.92 Å². The minimum Gasteiger partial charge on any atom is -0.481 e. The summed E-state index contributed by atoms with van der Waals surface area (Å²) in [6.45, 7) is 4.22. The molecule has 0 N–H and O–H groups in total. The smallest absolute Gasteiger partial charge is 0.263 e. The molecular weight excluding hydrogens is 396 g/mol. The number of carbonyl (C=O) groups is 2. The molecule has 3 aliphatic rings. The van der Waals surface area contributed by atoms with Gasteiger partial charge in [-0.25, -0.2) is 0 Å². The molecule has 2 heterocycles. The summed E-state index contributed by atoms with van der Waals surface area (Å²) < 4.78 is 16.6. The second-order valence-electron chi connectivity index (χ2n) is 8.29.